The van der Waals surface area contributed by atoms with Crippen LogP contribution in [0.4, 0.5) is 0 Å². The lowest BCUT2D eigenvalue weighted by Crippen LogP contribution is -2.22. The van der Waals surface area contributed by atoms with Gasteiger partial charge in [0.2, 0.25) is 0 Å². The molecule has 0 unspecified atom stereocenters. The lowest BCUT2D eigenvalue weighted by atomic mass is 10.1. The second-order valence-electron chi connectivity index (χ2n) is 3.69. The molecule has 1 aromatic heterocycles. The molecule has 2 aromatic rings. The third kappa shape index (κ3) is 3.91. The van der Waals surface area contributed by atoms with Gasteiger partial charge in [0.25, 0.3) is 5.91 Å². The maximum atomic E-state index is 11.9. The van der Waals surface area contributed by atoms with Crippen molar-refractivity contribution in [3.8, 4) is 11.8 Å². The van der Waals surface area contributed by atoms with Crippen molar-refractivity contribution in [2.45, 2.75) is 6.54 Å². The number of thiazole rings is 1. The highest BCUT2D eigenvalue weighted by Crippen LogP contribution is 2.06. The summed E-state index contributed by atoms with van der Waals surface area (Å²) in [6.45, 7) is 0.779. The number of aromatic nitrogens is 1. The van der Waals surface area contributed by atoms with E-state index in [-0.39, 0.29) is 5.91 Å². The third-order valence-electron chi connectivity index (χ3n) is 2.37. The first-order valence-electron chi connectivity index (χ1n) is 5.75. The van der Waals surface area contributed by atoms with Crippen LogP contribution >= 0.6 is 11.3 Å². The number of nitrogens with one attached hydrogen (secondary N) is 1. The van der Waals surface area contributed by atoms with Crippen molar-refractivity contribution >= 4 is 17.2 Å². The van der Waals surface area contributed by atoms with Crippen molar-refractivity contribution < 1.29 is 4.79 Å². The van der Waals surface area contributed by atoms with E-state index in [1.165, 1.54) is 11.3 Å². The quantitative estimate of drug-likeness (QED) is 0.829. The van der Waals surface area contributed by atoms with Crippen molar-refractivity contribution in [2.24, 2.45) is 5.73 Å². The molecule has 3 N–H and O–H groups in total. The molecular weight excluding hydrogens is 258 g/mol. The fourth-order valence-electron chi connectivity index (χ4n) is 1.46. The minimum absolute atomic E-state index is 0.117. The highest BCUT2D eigenvalue weighted by atomic mass is 32.1. The van der Waals surface area contributed by atoms with Gasteiger partial charge in [-0.2, -0.15) is 0 Å². The number of amides is 1. The molecule has 0 aliphatic rings. The van der Waals surface area contributed by atoms with Crippen LogP contribution in [0.3, 0.4) is 0 Å². The van der Waals surface area contributed by atoms with Crippen LogP contribution in [0.15, 0.2) is 35.8 Å². The summed E-state index contributed by atoms with van der Waals surface area (Å²) >= 11 is 1.52. The van der Waals surface area contributed by atoms with Gasteiger partial charge in [0.15, 0.2) is 0 Å². The van der Waals surface area contributed by atoms with Gasteiger partial charge in [-0.05, 0) is 24.3 Å². The Morgan fingerprint density at radius 2 is 2.16 bits per heavy atom. The molecule has 19 heavy (non-hydrogen) atoms. The van der Waals surface area contributed by atoms with E-state index in [1.54, 1.807) is 30.5 Å². The number of nitrogens with zero attached hydrogens (tertiary/aromatic N) is 1. The van der Waals surface area contributed by atoms with E-state index in [9.17, 15) is 4.79 Å². The highest BCUT2D eigenvalue weighted by Gasteiger charge is 2.05. The van der Waals surface area contributed by atoms with Gasteiger partial charge in [-0.1, -0.05) is 11.8 Å². The molecule has 0 spiro atoms. The molecule has 1 aromatic carbocycles. The van der Waals surface area contributed by atoms with E-state index >= 15 is 0 Å². The molecule has 0 bridgehead atoms. The fourth-order valence-corrected chi connectivity index (χ4v) is 2.01. The zero-order valence-corrected chi connectivity index (χ0v) is 11.0. The summed E-state index contributed by atoms with van der Waals surface area (Å²) < 4.78 is 0. The lowest BCUT2D eigenvalue weighted by molar-refractivity contribution is 0.0951. The number of carbonyl (C=O) groups is 1. The first-order chi connectivity index (χ1) is 9.29. The monoisotopic (exact) mass is 271 g/mol. The smallest absolute Gasteiger partial charge is 0.251 e. The van der Waals surface area contributed by atoms with Crippen LogP contribution in [0.1, 0.15) is 20.9 Å². The van der Waals surface area contributed by atoms with E-state index < -0.39 is 0 Å². The molecule has 4 nitrogen and oxygen atoms in total. The Labute approximate surface area is 115 Å². The summed E-state index contributed by atoms with van der Waals surface area (Å²) in [5.74, 6) is 5.56. The van der Waals surface area contributed by atoms with Crippen LogP contribution < -0.4 is 11.1 Å². The van der Waals surface area contributed by atoms with E-state index in [1.807, 2.05) is 5.38 Å². The first kappa shape index (κ1) is 13.3. The summed E-state index contributed by atoms with van der Waals surface area (Å²) in [6, 6.07) is 7.11. The molecule has 1 amide bonds. The van der Waals surface area contributed by atoms with Gasteiger partial charge in [0.05, 0.1) is 13.1 Å². The summed E-state index contributed by atoms with van der Waals surface area (Å²) in [6.07, 6.45) is 1.72. The van der Waals surface area contributed by atoms with Gasteiger partial charge in [-0.3, -0.25) is 4.79 Å². The van der Waals surface area contributed by atoms with E-state index in [0.717, 1.165) is 10.6 Å². The van der Waals surface area contributed by atoms with Gasteiger partial charge in [0.1, 0.15) is 5.01 Å². The number of hydrogen-bond donors (Lipinski definition) is 2. The van der Waals surface area contributed by atoms with Crippen LogP contribution in [-0.2, 0) is 6.54 Å². The summed E-state index contributed by atoms with van der Waals surface area (Å²) in [7, 11) is 0. The molecule has 0 aliphatic carbocycles. The van der Waals surface area contributed by atoms with Gasteiger partial charge in [0, 0.05) is 22.7 Å². The van der Waals surface area contributed by atoms with Crippen molar-refractivity contribution in [3.63, 3.8) is 0 Å². The predicted octanol–water partition coefficient (Wildman–Crippen LogP) is 1.38. The number of carbonyl (C=O) groups excluding carboxylic acids is 1. The SMILES string of the molecule is NCC#Cc1ccc(C(=O)NCc2nccs2)cc1. The van der Waals surface area contributed by atoms with Crippen LogP contribution in [0.25, 0.3) is 0 Å². The Balaban J connectivity index is 1.95. The average molecular weight is 271 g/mol. The Morgan fingerprint density at radius 1 is 1.37 bits per heavy atom. The molecular formula is C14H13N3OS. The third-order valence-corrected chi connectivity index (χ3v) is 3.15. The second-order valence-corrected chi connectivity index (χ2v) is 4.67. The van der Waals surface area contributed by atoms with E-state index in [4.69, 9.17) is 5.73 Å². The Hall–Kier alpha value is -2.16. The molecule has 96 valence electrons. The molecule has 0 aliphatic heterocycles. The van der Waals surface area contributed by atoms with Crippen molar-refractivity contribution in [1.82, 2.24) is 10.3 Å². The number of nitrogens with two attached hydrogens (primary N) is 1. The molecule has 0 saturated heterocycles. The maximum Gasteiger partial charge on any atom is 0.251 e. The first-order valence-corrected chi connectivity index (χ1v) is 6.63. The van der Waals surface area contributed by atoms with Gasteiger partial charge >= 0.3 is 0 Å². The standard InChI is InChI=1S/C14H13N3OS/c15-7-1-2-11-3-5-12(6-4-11)14(18)17-10-13-16-8-9-19-13/h3-6,8-9H,7,10,15H2,(H,17,18). The Bertz CT molecular complexity index is 594. The summed E-state index contributed by atoms with van der Waals surface area (Å²) in [5, 5.41) is 5.59. The van der Waals surface area contributed by atoms with Crippen LogP contribution in [0.5, 0.6) is 0 Å². The topological polar surface area (TPSA) is 68.0 Å². The van der Waals surface area contributed by atoms with Crippen LogP contribution in [0.2, 0.25) is 0 Å². The largest absolute Gasteiger partial charge is 0.346 e. The number of benzene rings is 1. The van der Waals surface area contributed by atoms with Crippen molar-refractivity contribution in [3.05, 3.63) is 52.0 Å². The molecule has 0 fully saturated rings. The summed E-state index contributed by atoms with van der Waals surface area (Å²) in [5.41, 5.74) is 6.75. The predicted molar refractivity (Wildman–Crippen MR) is 75.7 cm³/mol. The van der Waals surface area contributed by atoms with Gasteiger partial charge in [-0.25, -0.2) is 4.98 Å². The average Bonchev–Trinajstić information content (AvgIpc) is 2.96. The maximum absolute atomic E-state index is 11.9. The molecule has 2 rings (SSSR count). The Kier molecular flexibility index (Phi) is 4.67. The van der Waals surface area contributed by atoms with Gasteiger partial charge in [-0.15, -0.1) is 11.3 Å². The molecule has 0 atom stereocenters. The normalized spacial score (nSPS) is 9.53. The second kappa shape index (κ2) is 6.69. The van der Waals surface area contributed by atoms with Crippen molar-refractivity contribution in [2.75, 3.05) is 6.54 Å². The number of hydrogen-bond acceptors (Lipinski definition) is 4. The molecule has 1 heterocycles. The number of rotatable bonds is 3. The fraction of sp³-hybridized carbons (Fsp3) is 0.143. The van der Waals surface area contributed by atoms with Gasteiger partial charge < -0.3 is 11.1 Å². The molecule has 0 radical (unpaired) electrons. The van der Waals surface area contributed by atoms with Crippen molar-refractivity contribution in [1.29, 1.82) is 0 Å². The summed E-state index contributed by atoms with van der Waals surface area (Å²) in [4.78, 5) is 16.0. The van der Waals surface area contributed by atoms with Crippen LogP contribution in [-0.4, -0.2) is 17.4 Å². The lowest BCUT2D eigenvalue weighted by Gasteiger charge is -2.03. The highest BCUT2D eigenvalue weighted by molar-refractivity contribution is 7.09. The minimum atomic E-state index is -0.117. The van der Waals surface area contributed by atoms with E-state index in [2.05, 4.69) is 22.1 Å². The Morgan fingerprint density at radius 3 is 2.79 bits per heavy atom. The zero-order valence-electron chi connectivity index (χ0n) is 10.2. The van der Waals surface area contributed by atoms with Crippen LogP contribution in [0, 0.1) is 11.8 Å². The molecule has 0 saturated carbocycles. The zero-order chi connectivity index (χ0) is 13.5. The van der Waals surface area contributed by atoms with E-state index in [0.29, 0.717) is 18.7 Å². The minimum Gasteiger partial charge on any atom is -0.346 e. The molecule has 5 heteroatoms.